The summed E-state index contributed by atoms with van der Waals surface area (Å²) >= 11 is 6.88. The minimum Gasteiger partial charge on any atom is -0.393 e. The SMILES string of the molecule is Cc1cc(S(=O)(=O)NCCCC(C)O)sc1Cl. The Morgan fingerprint density at radius 3 is 2.71 bits per heavy atom. The van der Waals surface area contributed by atoms with Crippen LogP contribution in [0.2, 0.25) is 4.34 Å². The zero-order valence-electron chi connectivity index (χ0n) is 9.73. The summed E-state index contributed by atoms with van der Waals surface area (Å²) in [5.41, 5.74) is 0.765. The van der Waals surface area contributed by atoms with Gasteiger partial charge in [-0.3, -0.25) is 0 Å². The van der Waals surface area contributed by atoms with Gasteiger partial charge in [0.1, 0.15) is 4.21 Å². The van der Waals surface area contributed by atoms with Gasteiger partial charge in [0.2, 0.25) is 10.0 Å². The predicted molar refractivity (Wildman–Crippen MR) is 70.2 cm³/mol. The summed E-state index contributed by atoms with van der Waals surface area (Å²) in [6.45, 7) is 3.77. The van der Waals surface area contributed by atoms with Crippen LogP contribution in [0, 0.1) is 6.92 Å². The average molecular weight is 298 g/mol. The van der Waals surface area contributed by atoms with Crippen molar-refractivity contribution in [2.45, 2.75) is 37.0 Å². The lowest BCUT2D eigenvalue weighted by Gasteiger charge is -2.05. The number of thiophene rings is 1. The molecule has 0 aliphatic rings. The third kappa shape index (κ3) is 4.56. The number of aliphatic hydroxyl groups excluding tert-OH is 1. The summed E-state index contributed by atoms with van der Waals surface area (Å²) in [6, 6.07) is 1.56. The molecule has 7 heteroatoms. The highest BCUT2D eigenvalue weighted by Crippen LogP contribution is 2.29. The summed E-state index contributed by atoms with van der Waals surface area (Å²) in [4.78, 5) is 0. The molecule has 0 saturated carbocycles. The summed E-state index contributed by atoms with van der Waals surface area (Å²) in [5.74, 6) is 0. The van der Waals surface area contributed by atoms with Gasteiger partial charge in [0.05, 0.1) is 10.4 Å². The number of hydrogen-bond acceptors (Lipinski definition) is 4. The Bertz CT molecular complexity index is 448. The number of aliphatic hydroxyl groups is 1. The van der Waals surface area contributed by atoms with Gasteiger partial charge >= 0.3 is 0 Å². The molecule has 0 aliphatic heterocycles. The second-order valence-electron chi connectivity index (χ2n) is 3.91. The maximum atomic E-state index is 11.8. The molecule has 1 unspecified atom stereocenters. The Morgan fingerprint density at radius 1 is 1.59 bits per heavy atom. The van der Waals surface area contributed by atoms with Crippen LogP contribution < -0.4 is 4.72 Å². The van der Waals surface area contributed by atoms with Crippen molar-refractivity contribution in [3.05, 3.63) is 16.0 Å². The Morgan fingerprint density at radius 2 is 2.24 bits per heavy atom. The van der Waals surface area contributed by atoms with Crippen molar-refractivity contribution in [1.82, 2.24) is 4.72 Å². The molecule has 0 saturated heterocycles. The molecular weight excluding hydrogens is 282 g/mol. The van der Waals surface area contributed by atoms with Crippen LogP contribution >= 0.6 is 22.9 Å². The molecule has 0 aliphatic carbocycles. The standard InChI is InChI=1S/C10H16ClNO3S2/c1-7-6-9(16-10(7)11)17(14,15)12-5-3-4-8(2)13/h6,8,12-13H,3-5H2,1-2H3. The molecule has 0 amide bonds. The first-order valence-electron chi connectivity index (χ1n) is 5.26. The van der Waals surface area contributed by atoms with Crippen LogP contribution in [-0.2, 0) is 10.0 Å². The fourth-order valence-electron chi connectivity index (χ4n) is 1.24. The summed E-state index contributed by atoms with van der Waals surface area (Å²) < 4.78 is 26.9. The molecule has 17 heavy (non-hydrogen) atoms. The van der Waals surface area contributed by atoms with Gasteiger partial charge in [-0.15, -0.1) is 11.3 Å². The Labute approximate surface area is 111 Å². The van der Waals surface area contributed by atoms with E-state index in [0.717, 1.165) is 16.9 Å². The molecule has 1 heterocycles. The van der Waals surface area contributed by atoms with E-state index in [1.807, 2.05) is 0 Å². The van der Waals surface area contributed by atoms with Gasteiger partial charge in [-0.25, -0.2) is 13.1 Å². The third-order valence-electron chi connectivity index (χ3n) is 2.19. The van der Waals surface area contributed by atoms with E-state index in [-0.39, 0.29) is 4.21 Å². The first-order chi connectivity index (χ1) is 7.83. The van der Waals surface area contributed by atoms with Crippen molar-refractivity contribution < 1.29 is 13.5 Å². The van der Waals surface area contributed by atoms with E-state index in [9.17, 15) is 8.42 Å². The number of aryl methyl sites for hydroxylation is 1. The number of halogens is 1. The van der Waals surface area contributed by atoms with Gasteiger partial charge in [0, 0.05) is 6.54 Å². The zero-order chi connectivity index (χ0) is 13.1. The second kappa shape index (κ2) is 6.15. The Balaban J connectivity index is 2.57. The third-order valence-corrected chi connectivity index (χ3v) is 5.68. The molecule has 1 rings (SSSR count). The van der Waals surface area contributed by atoms with Gasteiger partial charge < -0.3 is 5.11 Å². The number of nitrogens with one attached hydrogen (secondary N) is 1. The molecule has 1 aromatic heterocycles. The van der Waals surface area contributed by atoms with Gasteiger partial charge in [-0.2, -0.15) is 0 Å². The van der Waals surface area contributed by atoms with Crippen molar-refractivity contribution in [3.8, 4) is 0 Å². The molecule has 1 aromatic rings. The van der Waals surface area contributed by atoms with Crippen molar-refractivity contribution >= 4 is 33.0 Å². The van der Waals surface area contributed by atoms with Crippen LogP contribution in [0.5, 0.6) is 0 Å². The molecule has 4 nitrogen and oxygen atoms in total. The molecule has 1 atom stereocenters. The van der Waals surface area contributed by atoms with Gasteiger partial charge in [0.25, 0.3) is 0 Å². The first-order valence-corrected chi connectivity index (χ1v) is 7.94. The maximum absolute atomic E-state index is 11.8. The second-order valence-corrected chi connectivity index (χ2v) is 7.56. The quantitative estimate of drug-likeness (QED) is 0.791. The predicted octanol–water partition coefficient (Wildman–Crippen LogP) is 2.15. The smallest absolute Gasteiger partial charge is 0.250 e. The zero-order valence-corrected chi connectivity index (χ0v) is 12.1. The Hall–Kier alpha value is -0.140. The van der Waals surface area contributed by atoms with E-state index >= 15 is 0 Å². The molecule has 0 radical (unpaired) electrons. The van der Waals surface area contributed by atoms with Crippen LogP contribution in [0.25, 0.3) is 0 Å². The van der Waals surface area contributed by atoms with Crippen molar-refractivity contribution in [2.24, 2.45) is 0 Å². The summed E-state index contributed by atoms with van der Waals surface area (Å²) in [5, 5.41) is 9.05. The largest absolute Gasteiger partial charge is 0.393 e. The molecule has 0 bridgehead atoms. The first kappa shape index (κ1) is 14.9. The molecular formula is C10H16ClNO3S2. The van der Waals surface area contributed by atoms with Gasteiger partial charge in [-0.05, 0) is 38.3 Å². The van der Waals surface area contributed by atoms with E-state index in [4.69, 9.17) is 16.7 Å². The van der Waals surface area contributed by atoms with Gasteiger partial charge in [-0.1, -0.05) is 11.6 Å². The highest BCUT2D eigenvalue weighted by atomic mass is 35.5. The highest BCUT2D eigenvalue weighted by Gasteiger charge is 2.17. The fraction of sp³-hybridized carbons (Fsp3) is 0.600. The number of sulfonamides is 1. The van der Waals surface area contributed by atoms with Crippen LogP contribution in [0.15, 0.2) is 10.3 Å². The highest BCUT2D eigenvalue weighted by molar-refractivity contribution is 7.91. The minimum absolute atomic E-state index is 0.233. The molecule has 0 aromatic carbocycles. The van der Waals surface area contributed by atoms with Gasteiger partial charge in [0.15, 0.2) is 0 Å². The lowest BCUT2D eigenvalue weighted by molar-refractivity contribution is 0.182. The normalized spacial score (nSPS) is 13.9. The molecule has 0 fully saturated rings. The monoisotopic (exact) mass is 297 g/mol. The van der Waals surface area contributed by atoms with E-state index in [2.05, 4.69) is 4.72 Å². The lowest BCUT2D eigenvalue weighted by atomic mass is 10.2. The van der Waals surface area contributed by atoms with Crippen molar-refractivity contribution in [3.63, 3.8) is 0 Å². The van der Waals surface area contributed by atoms with Crippen LogP contribution in [0.4, 0.5) is 0 Å². The average Bonchev–Trinajstić information content (AvgIpc) is 2.55. The number of hydrogen-bond donors (Lipinski definition) is 2. The maximum Gasteiger partial charge on any atom is 0.250 e. The fourth-order valence-corrected chi connectivity index (χ4v) is 4.07. The molecule has 98 valence electrons. The van der Waals surface area contributed by atoms with Crippen LogP contribution in [-0.4, -0.2) is 26.2 Å². The van der Waals surface area contributed by atoms with Crippen molar-refractivity contribution in [1.29, 1.82) is 0 Å². The summed E-state index contributed by atoms with van der Waals surface area (Å²) in [7, 11) is -3.46. The minimum atomic E-state index is -3.46. The molecule has 2 N–H and O–H groups in total. The van der Waals surface area contributed by atoms with Crippen LogP contribution in [0.1, 0.15) is 25.3 Å². The van der Waals surface area contributed by atoms with E-state index in [1.54, 1.807) is 19.9 Å². The van der Waals surface area contributed by atoms with E-state index in [0.29, 0.717) is 23.7 Å². The van der Waals surface area contributed by atoms with E-state index < -0.39 is 16.1 Å². The van der Waals surface area contributed by atoms with Crippen molar-refractivity contribution in [2.75, 3.05) is 6.54 Å². The van der Waals surface area contributed by atoms with Crippen LogP contribution in [0.3, 0.4) is 0 Å². The van der Waals surface area contributed by atoms with E-state index in [1.165, 1.54) is 0 Å². The lowest BCUT2D eigenvalue weighted by Crippen LogP contribution is -2.24. The number of rotatable bonds is 6. The topological polar surface area (TPSA) is 66.4 Å². The Kier molecular flexibility index (Phi) is 5.40. The summed E-state index contributed by atoms with van der Waals surface area (Å²) in [6.07, 6.45) is 0.778. The molecule has 0 spiro atoms.